The molecule has 2 heterocycles. The van der Waals surface area contributed by atoms with Gasteiger partial charge in [0.2, 0.25) is 17.7 Å². The van der Waals surface area contributed by atoms with Gasteiger partial charge < -0.3 is 15.6 Å². The Kier molecular flexibility index (Phi) is 10.5. The number of hydrogen-bond acceptors (Lipinski definition) is 10. The van der Waals surface area contributed by atoms with Gasteiger partial charge in [-0.2, -0.15) is 31.6 Å². The SMILES string of the molecule is CCOc1cc(OCC)nc(NC(=O)NS(=O)(=O)c2nc(C(F)(F)F)ccc2C(=O)OC)n1.[H-].[Na+]. The average Bonchev–Trinajstić information content (AvgIpc) is 2.72. The number of carbonyl (C=O) groups excluding carboxylic acids is 2. The van der Waals surface area contributed by atoms with Gasteiger partial charge in [-0.15, -0.1) is 0 Å². The standard InChI is InChI=1S/C17H18F3N5O7S.Na.H/c1-4-31-11-8-12(32-5-2)23-15(22-11)24-16(27)25-33(28,29)13-9(14(26)30-3)6-7-10(21-13)17(18,19)20;;/h6-8H,4-5H2,1-3H3,(H2,22,23,24,25,27);;/q;+1;-1. The Bertz CT molecular complexity index is 1130. The molecular weight excluding hydrogens is 498 g/mol. The molecule has 0 aliphatic rings. The molecule has 0 aromatic carbocycles. The smallest absolute Gasteiger partial charge is 1.00 e. The van der Waals surface area contributed by atoms with E-state index in [-0.39, 0.29) is 56.0 Å². The van der Waals surface area contributed by atoms with Gasteiger partial charge in [0.25, 0.3) is 10.0 Å². The van der Waals surface area contributed by atoms with E-state index >= 15 is 0 Å². The van der Waals surface area contributed by atoms with Gasteiger partial charge in [0.05, 0.1) is 32.0 Å². The number of halogens is 3. The summed E-state index contributed by atoms with van der Waals surface area (Å²) in [5.41, 5.74) is -2.43. The number of amides is 2. The van der Waals surface area contributed by atoms with Crippen molar-refractivity contribution in [3.63, 3.8) is 0 Å². The summed E-state index contributed by atoms with van der Waals surface area (Å²) in [6.45, 7) is 3.74. The van der Waals surface area contributed by atoms with Gasteiger partial charge in [0.1, 0.15) is 5.69 Å². The van der Waals surface area contributed by atoms with Gasteiger partial charge in [-0.05, 0) is 26.0 Å². The van der Waals surface area contributed by atoms with Gasteiger partial charge >= 0.3 is 47.7 Å². The van der Waals surface area contributed by atoms with Crippen molar-refractivity contribution in [2.45, 2.75) is 25.0 Å². The third kappa shape index (κ3) is 7.68. The van der Waals surface area contributed by atoms with E-state index in [0.29, 0.717) is 12.1 Å². The van der Waals surface area contributed by atoms with Gasteiger partial charge in [-0.1, -0.05) is 0 Å². The molecule has 0 saturated heterocycles. The number of aromatic nitrogens is 3. The average molecular weight is 517 g/mol. The number of sulfonamides is 1. The van der Waals surface area contributed by atoms with Crippen LogP contribution in [0.1, 0.15) is 31.3 Å². The van der Waals surface area contributed by atoms with E-state index in [0.717, 1.165) is 7.11 Å². The Hall–Kier alpha value is -2.69. The molecule has 2 aromatic heterocycles. The van der Waals surface area contributed by atoms with Crippen LogP contribution in [0.2, 0.25) is 0 Å². The summed E-state index contributed by atoms with van der Waals surface area (Å²) in [5.74, 6) is -1.71. The summed E-state index contributed by atoms with van der Waals surface area (Å²) in [7, 11) is -4.20. The van der Waals surface area contributed by atoms with E-state index in [1.807, 2.05) is 5.32 Å². The molecule has 0 bridgehead atoms. The number of alkyl halides is 3. The molecule has 182 valence electrons. The molecule has 0 fully saturated rings. The second kappa shape index (κ2) is 12.1. The minimum Gasteiger partial charge on any atom is -1.00 e. The summed E-state index contributed by atoms with van der Waals surface area (Å²) in [6.07, 6.45) is -5.02. The van der Waals surface area contributed by atoms with Crippen molar-refractivity contribution < 1.29 is 76.4 Å². The Balaban J connectivity index is 0.00000578. The number of esters is 1. The van der Waals surface area contributed by atoms with Crippen LogP contribution in [0.5, 0.6) is 11.8 Å². The predicted molar refractivity (Wildman–Crippen MR) is 105 cm³/mol. The van der Waals surface area contributed by atoms with Crippen molar-refractivity contribution in [2.75, 3.05) is 25.6 Å². The van der Waals surface area contributed by atoms with Crippen molar-refractivity contribution in [3.8, 4) is 11.8 Å². The van der Waals surface area contributed by atoms with Crippen LogP contribution in [0.3, 0.4) is 0 Å². The van der Waals surface area contributed by atoms with Gasteiger partial charge in [-0.25, -0.2) is 19.3 Å². The minimum absolute atomic E-state index is 0. The number of ether oxygens (including phenoxy) is 3. The normalized spacial score (nSPS) is 11.1. The number of nitrogens with zero attached hydrogens (tertiary/aromatic N) is 3. The zero-order valence-electron chi connectivity index (χ0n) is 19.4. The number of hydrogen-bond donors (Lipinski definition) is 2. The molecule has 0 atom stereocenters. The monoisotopic (exact) mass is 517 g/mol. The molecule has 0 spiro atoms. The first-order chi connectivity index (χ1) is 15.4. The Morgan fingerprint density at radius 2 is 1.62 bits per heavy atom. The van der Waals surface area contributed by atoms with Crippen LogP contribution in [0.15, 0.2) is 23.2 Å². The summed E-state index contributed by atoms with van der Waals surface area (Å²) >= 11 is 0. The number of anilines is 1. The predicted octanol–water partition coefficient (Wildman–Crippen LogP) is -0.899. The molecule has 2 aromatic rings. The molecule has 2 amide bonds. The van der Waals surface area contributed by atoms with E-state index in [1.165, 1.54) is 10.8 Å². The first-order valence-electron chi connectivity index (χ1n) is 9.06. The van der Waals surface area contributed by atoms with Crippen LogP contribution in [-0.4, -0.2) is 55.7 Å². The van der Waals surface area contributed by atoms with Crippen molar-refractivity contribution in [1.29, 1.82) is 0 Å². The Morgan fingerprint density at radius 1 is 1.06 bits per heavy atom. The fraction of sp³-hybridized carbons (Fsp3) is 0.353. The van der Waals surface area contributed by atoms with Gasteiger partial charge in [-0.3, -0.25) is 5.32 Å². The molecule has 0 radical (unpaired) electrons. The number of methoxy groups -OCH3 is 1. The van der Waals surface area contributed by atoms with E-state index in [4.69, 9.17) is 9.47 Å². The van der Waals surface area contributed by atoms with E-state index < -0.39 is 50.4 Å². The number of rotatable bonds is 8. The fourth-order valence-corrected chi connectivity index (χ4v) is 3.32. The molecule has 2 N–H and O–H groups in total. The van der Waals surface area contributed by atoms with Crippen LogP contribution in [0, 0.1) is 0 Å². The summed E-state index contributed by atoms with van der Waals surface area (Å²) in [4.78, 5) is 34.7. The number of pyridine rings is 1. The van der Waals surface area contributed by atoms with Gasteiger partial charge in [0.15, 0.2) is 5.03 Å². The number of nitrogens with one attached hydrogen (secondary N) is 2. The van der Waals surface area contributed by atoms with Crippen LogP contribution >= 0.6 is 0 Å². The Morgan fingerprint density at radius 3 is 2.09 bits per heavy atom. The summed E-state index contributed by atoms with van der Waals surface area (Å²) in [5, 5.41) is 0.633. The quantitative estimate of drug-likeness (QED) is 0.332. The molecule has 2 rings (SSSR count). The van der Waals surface area contributed by atoms with Gasteiger partial charge in [0, 0.05) is 0 Å². The van der Waals surface area contributed by atoms with Crippen LogP contribution in [-0.2, 0) is 20.9 Å². The number of carbonyl (C=O) groups is 2. The van der Waals surface area contributed by atoms with Crippen molar-refractivity contribution in [2.24, 2.45) is 0 Å². The molecule has 34 heavy (non-hydrogen) atoms. The third-order valence-corrected chi connectivity index (χ3v) is 4.80. The van der Waals surface area contributed by atoms with Crippen molar-refractivity contribution in [1.82, 2.24) is 19.7 Å². The number of urea groups is 1. The second-order valence-corrected chi connectivity index (χ2v) is 7.43. The molecule has 17 heteroatoms. The van der Waals surface area contributed by atoms with Crippen LogP contribution in [0.4, 0.5) is 23.9 Å². The molecule has 0 aliphatic heterocycles. The zero-order chi connectivity index (χ0) is 24.8. The maximum absolute atomic E-state index is 13.0. The zero-order valence-corrected chi connectivity index (χ0v) is 21.2. The Labute approximate surface area is 215 Å². The first kappa shape index (κ1) is 29.3. The van der Waals surface area contributed by atoms with Crippen molar-refractivity contribution >= 4 is 28.0 Å². The fourth-order valence-electron chi connectivity index (χ4n) is 2.27. The largest absolute Gasteiger partial charge is 1.00 e. The maximum Gasteiger partial charge on any atom is 1.00 e. The van der Waals surface area contributed by atoms with E-state index in [2.05, 4.69) is 19.7 Å². The molecule has 0 saturated carbocycles. The summed E-state index contributed by atoms with van der Waals surface area (Å²) < 4.78 is 80.4. The maximum atomic E-state index is 13.0. The topological polar surface area (TPSA) is 159 Å². The van der Waals surface area contributed by atoms with Crippen molar-refractivity contribution in [3.05, 3.63) is 29.5 Å². The molecule has 0 aliphatic carbocycles. The summed E-state index contributed by atoms with van der Waals surface area (Å²) in [6, 6.07) is 0.827. The third-order valence-electron chi connectivity index (χ3n) is 3.53. The molecule has 12 nitrogen and oxygen atoms in total. The van der Waals surface area contributed by atoms with E-state index in [9.17, 15) is 31.2 Å². The molecule has 0 unspecified atom stereocenters. The first-order valence-corrected chi connectivity index (χ1v) is 10.5. The van der Waals surface area contributed by atoms with E-state index in [1.54, 1.807) is 13.8 Å². The second-order valence-electron chi connectivity index (χ2n) is 5.83. The van der Waals surface area contributed by atoms with Crippen LogP contribution in [0.25, 0.3) is 0 Å². The van der Waals surface area contributed by atoms with Crippen LogP contribution < -0.4 is 49.1 Å². The molecular formula is C17H19F3N5NaO7S. The minimum atomic E-state index is -5.08.